The van der Waals surface area contributed by atoms with Gasteiger partial charge in [0.05, 0.1) is 24.2 Å². The van der Waals surface area contributed by atoms with Crippen LogP contribution in [0, 0.1) is 0 Å². The first-order chi connectivity index (χ1) is 15.5. The molecule has 5 nitrogen and oxygen atoms in total. The van der Waals surface area contributed by atoms with Gasteiger partial charge in [0.15, 0.2) is 11.5 Å². The molecule has 1 amide bonds. The minimum Gasteiger partial charge on any atom is -0.493 e. The topological polar surface area (TPSA) is 59.9 Å². The van der Waals surface area contributed by atoms with Gasteiger partial charge in [0, 0.05) is 10.6 Å². The van der Waals surface area contributed by atoms with Crippen LogP contribution in [0.2, 0.25) is 5.02 Å². The van der Waals surface area contributed by atoms with Gasteiger partial charge < -0.3 is 9.47 Å². The minimum absolute atomic E-state index is 0.184. The number of aryl methyl sites for hydroxylation is 1. The standard InChI is InChI=1S/C25H24BrClN2O3/c1-3-17-8-10-18(11-9-17)14-24(30)29-28-15-19-12-21(26)25(23(13-19)31-2)32-16-20-6-4-5-7-22(20)27/h4-13,15H,3,14,16H2,1-2H3,(H,29,30)/b28-15+. The van der Waals surface area contributed by atoms with Crippen LogP contribution < -0.4 is 14.9 Å². The Labute approximate surface area is 201 Å². The number of carbonyl (C=O) groups is 1. The number of nitrogens with one attached hydrogen (secondary N) is 1. The lowest BCUT2D eigenvalue weighted by atomic mass is 10.1. The number of methoxy groups -OCH3 is 1. The highest BCUT2D eigenvalue weighted by molar-refractivity contribution is 9.10. The van der Waals surface area contributed by atoms with Crippen LogP contribution in [-0.4, -0.2) is 19.2 Å². The van der Waals surface area contributed by atoms with Crippen LogP contribution in [-0.2, 0) is 24.2 Å². The van der Waals surface area contributed by atoms with Gasteiger partial charge >= 0.3 is 0 Å². The Kier molecular flexibility index (Phi) is 8.71. The lowest BCUT2D eigenvalue weighted by Crippen LogP contribution is -2.19. The Morgan fingerprint density at radius 1 is 1.12 bits per heavy atom. The van der Waals surface area contributed by atoms with Crippen LogP contribution in [0.25, 0.3) is 0 Å². The van der Waals surface area contributed by atoms with Gasteiger partial charge in [0.1, 0.15) is 6.61 Å². The Bertz CT molecular complexity index is 1100. The summed E-state index contributed by atoms with van der Waals surface area (Å²) in [5, 5.41) is 4.71. The number of hydrogen-bond donors (Lipinski definition) is 1. The molecule has 7 heteroatoms. The number of hydrazone groups is 1. The highest BCUT2D eigenvalue weighted by atomic mass is 79.9. The summed E-state index contributed by atoms with van der Waals surface area (Å²) in [7, 11) is 1.57. The summed E-state index contributed by atoms with van der Waals surface area (Å²) < 4.78 is 12.1. The molecular weight excluding hydrogens is 492 g/mol. The molecule has 3 aromatic carbocycles. The molecule has 3 rings (SSSR count). The van der Waals surface area contributed by atoms with E-state index in [4.69, 9.17) is 21.1 Å². The lowest BCUT2D eigenvalue weighted by molar-refractivity contribution is -0.120. The van der Waals surface area contributed by atoms with Crippen molar-refractivity contribution in [3.63, 3.8) is 0 Å². The van der Waals surface area contributed by atoms with E-state index in [2.05, 4.69) is 33.4 Å². The van der Waals surface area contributed by atoms with Gasteiger partial charge in [-0.25, -0.2) is 5.43 Å². The monoisotopic (exact) mass is 514 g/mol. The third kappa shape index (κ3) is 6.58. The summed E-state index contributed by atoms with van der Waals surface area (Å²) in [6.45, 7) is 2.40. The fourth-order valence-electron chi connectivity index (χ4n) is 3.02. The molecule has 3 aromatic rings. The Hall–Kier alpha value is -2.83. The number of hydrogen-bond acceptors (Lipinski definition) is 4. The van der Waals surface area contributed by atoms with E-state index in [-0.39, 0.29) is 12.3 Å². The van der Waals surface area contributed by atoms with Crippen molar-refractivity contribution < 1.29 is 14.3 Å². The molecule has 0 fully saturated rings. The first kappa shape index (κ1) is 23.8. The van der Waals surface area contributed by atoms with Crippen LogP contribution in [0.15, 0.2) is 70.2 Å². The smallest absolute Gasteiger partial charge is 0.244 e. The number of halogens is 2. The quantitative estimate of drug-likeness (QED) is 0.283. The van der Waals surface area contributed by atoms with Gasteiger partial charge in [-0.1, -0.05) is 61.0 Å². The molecule has 0 aliphatic heterocycles. The van der Waals surface area contributed by atoms with E-state index < -0.39 is 0 Å². The first-order valence-corrected chi connectivity index (χ1v) is 11.3. The SMILES string of the molecule is CCc1ccc(CC(=O)N/N=C/c2cc(Br)c(OCc3ccccc3Cl)c(OC)c2)cc1. The van der Waals surface area contributed by atoms with Gasteiger partial charge in [-0.05, 0) is 57.2 Å². The zero-order chi connectivity index (χ0) is 22.9. The maximum absolute atomic E-state index is 12.2. The highest BCUT2D eigenvalue weighted by Crippen LogP contribution is 2.37. The number of ether oxygens (including phenoxy) is 2. The third-order valence-electron chi connectivity index (χ3n) is 4.78. The number of nitrogens with zero attached hydrogens (tertiary/aromatic N) is 1. The van der Waals surface area contributed by atoms with Crippen LogP contribution in [0.1, 0.15) is 29.2 Å². The Balaban J connectivity index is 1.62. The summed E-state index contributed by atoms with van der Waals surface area (Å²) in [6, 6.07) is 19.1. The second kappa shape index (κ2) is 11.7. The third-order valence-corrected chi connectivity index (χ3v) is 5.74. The van der Waals surface area contributed by atoms with Crippen LogP contribution in [0.3, 0.4) is 0 Å². The fraction of sp³-hybridized carbons (Fsp3) is 0.200. The molecule has 0 radical (unpaired) electrons. The molecular formula is C25H24BrClN2O3. The summed E-state index contributed by atoms with van der Waals surface area (Å²) in [5.74, 6) is 0.913. The van der Waals surface area contributed by atoms with E-state index in [0.717, 1.165) is 23.1 Å². The molecule has 0 unspecified atom stereocenters. The maximum atomic E-state index is 12.2. The first-order valence-electron chi connectivity index (χ1n) is 10.1. The van der Waals surface area contributed by atoms with E-state index >= 15 is 0 Å². The summed E-state index contributed by atoms with van der Waals surface area (Å²) in [6.07, 6.45) is 2.80. The van der Waals surface area contributed by atoms with Gasteiger partial charge in [-0.2, -0.15) is 5.10 Å². The van der Waals surface area contributed by atoms with Crippen molar-refractivity contribution in [2.45, 2.75) is 26.4 Å². The number of carbonyl (C=O) groups excluding carboxylic acids is 1. The summed E-state index contributed by atoms with van der Waals surface area (Å²) in [4.78, 5) is 12.2. The molecule has 0 aromatic heterocycles. The second-order valence-electron chi connectivity index (χ2n) is 7.05. The zero-order valence-corrected chi connectivity index (χ0v) is 20.2. The highest BCUT2D eigenvalue weighted by Gasteiger charge is 2.12. The second-order valence-corrected chi connectivity index (χ2v) is 8.32. The molecule has 0 atom stereocenters. The van der Waals surface area contributed by atoms with Crippen molar-refractivity contribution in [1.82, 2.24) is 5.43 Å². The summed E-state index contributed by atoms with van der Waals surface area (Å²) >= 11 is 9.72. The van der Waals surface area contributed by atoms with Gasteiger partial charge in [-0.3, -0.25) is 4.79 Å². The summed E-state index contributed by atoms with van der Waals surface area (Å²) in [5.41, 5.74) is 6.36. The van der Waals surface area contributed by atoms with Crippen LogP contribution >= 0.6 is 27.5 Å². The van der Waals surface area contributed by atoms with E-state index in [1.165, 1.54) is 5.56 Å². The van der Waals surface area contributed by atoms with E-state index in [9.17, 15) is 4.79 Å². The molecule has 0 aliphatic carbocycles. The molecule has 0 aliphatic rings. The lowest BCUT2D eigenvalue weighted by Gasteiger charge is -2.14. The van der Waals surface area contributed by atoms with Crippen LogP contribution in [0.5, 0.6) is 11.5 Å². The van der Waals surface area contributed by atoms with Crippen molar-refractivity contribution in [2.24, 2.45) is 5.10 Å². The van der Waals surface area contributed by atoms with Crippen molar-refractivity contribution >= 4 is 39.7 Å². The normalized spacial score (nSPS) is 10.9. The van der Waals surface area contributed by atoms with Gasteiger partial charge in [-0.15, -0.1) is 0 Å². The molecule has 0 heterocycles. The van der Waals surface area contributed by atoms with Crippen molar-refractivity contribution in [3.05, 3.63) is 92.4 Å². The average Bonchev–Trinajstić information content (AvgIpc) is 2.79. The zero-order valence-electron chi connectivity index (χ0n) is 17.9. The number of rotatable bonds is 9. The Morgan fingerprint density at radius 2 is 1.84 bits per heavy atom. The molecule has 1 N–H and O–H groups in total. The van der Waals surface area contributed by atoms with Crippen molar-refractivity contribution in [1.29, 1.82) is 0 Å². The van der Waals surface area contributed by atoms with Crippen molar-refractivity contribution in [3.8, 4) is 11.5 Å². The molecule has 0 spiro atoms. The van der Waals surface area contributed by atoms with E-state index in [1.54, 1.807) is 19.4 Å². The van der Waals surface area contributed by atoms with Crippen molar-refractivity contribution in [2.75, 3.05) is 7.11 Å². The molecule has 166 valence electrons. The van der Waals surface area contributed by atoms with Crippen LogP contribution in [0.4, 0.5) is 0 Å². The molecule has 0 bridgehead atoms. The molecule has 0 saturated carbocycles. The van der Waals surface area contributed by atoms with Gasteiger partial charge in [0.2, 0.25) is 5.91 Å². The predicted octanol–water partition coefficient (Wildman–Crippen LogP) is 5.95. The maximum Gasteiger partial charge on any atom is 0.244 e. The fourth-order valence-corrected chi connectivity index (χ4v) is 3.78. The molecule has 32 heavy (non-hydrogen) atoms. The van der Waals surface area contributed by atoms with E-state index in [1.807, 2.05) is 54.6 Å². The van der Waals surface area contributed by atoms with E-state index in [0.29, 0.717) is 27.6 Å². The Morgan fingerprint density at radius 3 is 2.53 bits per heavy atom. The average molecular weight is 516 g/mol. The predicted molar refractivity (Wildman–Crippen MR) is 132 cm³/mol. The molecule has 0 saturated heterocycles. The number of benzene rings is 3. The number of amides is 1. The minimum atomic E-state index is -0.184. The largest absolute Gasteiger partial charge is 0.493 e. The van der Waals surface area contributed by atoms with Gasteiger partial charge in [0.25, 0.3) is 0 Å².